The second kappa shape index (κ2) is 8.01. The van der Waals surface area contributed by atoms with Gasteiger partial charge in [-0.3, -0.25) is 0 Å². The number of rotatable bonds is 5. The molecule has 0 bridgehead atoms. The van der Waals surface area contributed by atoms with Crippen LogP contribution in [-0.2, 0) is 4.74 Å². The number of nitrogens with zero attached hydrogens (tertiary/aromatic N) is 2. The number of hydrogen-bond acceptors (Lipinski definition) is 4. The van der Waals surface area contributed by atoms with E-state index in [0.29, 0.717) is 12.1 Å². The maximum atomic E-state index is 5.59. The Hall–Kier alpha value is -0.580. The van der Waals surface area contributed by atoms with Crippen LogP contribution in [0, 0.1) is 0 Å². The Balaban J connectivity index is 2.12. The van der Waals surface area contributed by atoms with Crippen molar-refractivity contribution in [2.45, 2.75) is 44.7 Å². The molecule has 0 aromatic carbocycles. The number of nitrogens with one attached hydrogen (secondary N) is 1. The fourth-order valence-electron chi connectivity index (χ4n) is 3.29. The first-order valence-corrected chi connectivity index (χ1v) is 8.15. The van der Waals surface area contributed by atoms with E-state index in [1.165, 1.54) is 37.9 Å². The molecule has 2 unspecified atom stereocenters. The average Bonchev–Trinajstić information content (AvgIpc) is 2.62. The van der Waals surface area contributed by atoms with E-state index in [4.69, 9.17) is 4.74 Å². The lowest BCUT2D eigenvalue weighted by Crippen LogP contribution is -2.53. The van der Waals surface area contributed by atoms with Gasteiger partial charge in [-0.05, 0) is 65.0 Å². The van der Waals surface area contributed by atoms with E-state index in [2.05, 4.69) is 36.1 Å². The molecule has 4 nitrogen and oxygen atoms in total. The fourth-order valence-corrected chi connectivity index (χ4v) is 3.29. The van der Waals surface area contributed by atoms with Crippen LogP contribution in [0.15, 0.2) is 11.8 Å². The zero-order valence-corrected chi connectivity index (χ0v) is 13.4. The van der Waals surface area contributed by atoms with E-state index in [1.807, 2.05) is 6.26 Å². The molecule has 0 radical (unpaired) electrons. The van der Waals surface area contributed by atoms with Crippen LogP contribution in [-0.4, -0.2) is 68.8 Å². The minimum absolute atomic E-state index is 0.431. The number of likely N-dealkylation sites (N-methyl/N-ethyl adjacent to an activating group) is 2. The molecule has 0 spiro atoms. The van der Waals surface area contributed by atoms with Crippen LogP contribution in [0.25, 0.3) is 0 Å². The first-order chi connectivity index (χ1) is 9.72. The maximum Gasteiger partial charge on any atom is 0.0876 e. The Bertz CT molecular complexity index is 319. The van der Waals surface area contributed by atoms with E-state index in [1.54, 1.807) is 0 Å². The van der Waals surface area contributed by atoms with Gasteiger partial charge in [0, 0.05) is 18.6 Å². The molecule has 2 aliphatic heterocycles. The zero-order valence-electron chi connectivity index (χ0n) is 13.4. The third-order valence-corrected chi connectivity index (χ3v) is 4.48. The van der Waals surface area contributed by atoms with Crippen molar-refractivity contribution in [1.29, 1.82) is 0 Å². The van der Waals surface area contributed by atoms with Gasteiger partial charge in [0.05, 0.1) is 12.9 Å². The summed E-state index contributed by atoms with van der Waals surface area (Å²) in [6.07, 6.45) is 6.80. The van der Waals surface area contributed by atoms with Gasteiger partial charge in [0.15, 0.2) is 0 Å². The van der Waals surface area contributed by atoms with E-state index < -0.39 is 0 Å². The van der Waals surface area contributed by atoms with Crippen molar-refractivity contribution in [2.24, 2.45) is 0 Å². The van der Waals surface area contributed by atoms with E-state index in [-0.39, 0.29) is 0 Å². The molecule has 2 rings (SSSR count). The highest BCUT2D eigenvalue weighted by Gasteiger charge is 2.31. The Morgan fingerprint density at radius 2 is 2.20 bits per heavy atom. The van der Waals surface area contributed by atoms with Gasteiger partial charge in [-0.1, -0.05) is 6.92 Å². The molecule has 0 aromatic heterocycles. The van der Waals surface area contributed by atoms with Gasteiger partial charge < -0.3 is 19.9 Å². The minimum Gasteiger partial charge on any atom is -0.501 e. The van der Waals surface area contributed by atoms with Crippen LogP contribution in [0.1, 0.15) is 32.6 Å². The van der Waals surface area contributed by atoms with Crippen LogP contribution < -0.4 is 5.32 Å². The first-order valence-electron chi connectivity index (χ1n) is 8.15. The summed E-state index contributed by atoms with van der Waals surface area (Å²) in [6.45, 7) is 7.72. The molecule has 0 saturated carbocycles. The molecule has 0 amide bonds. The van der Waals surface area contributed by atoms with Gasteiger partial charge in [-0.15, -0.1) is 0 Å². The smallest absolute Gasteiger partial charge is 0.0876 e. The molecular formula is C16H31N3O. The Morgan fingerprint density at radius 3 is 2.90 bits per heavy atom. The lowest BCUT2D eigenvalue weighted by Gasteiger charge is -2.37. The van der Waals surface area contributed by atoms with Crippen molar-refractivity contribution in [2.75, 3.05) is 46.9 Å². The molecule has 0 aliphatic carbocycles. The van der Waals surface area contributed by atoms with Crippen LogP contribution in [0.3, 0.4) is 0 Å². The van der Waals surface area contributed by atoms with Crippen molar-refractivity contribution in [3.63, 3.8) is 0 Å². The van der Waals surface area contributed by atoms with E-state index in [9.17, 15) is 0 Å². The monoisotopic (exact) mass is 281 g/mol. The fraction of sp³-hybridized carbons (Fsp3) is 0.875. The Morgan fingerprint density at radius 1 is 1.35 bits per heavy atom. The molecule has 116 valence electrons. The van der Waals surface area contributed by atoms with Gasteiger partial charge in [-0.25, -0.2) is 0 Å². The molecular weight excluding hydrogens is 250 g/mol. The second-order valence-corrected chi connectivity index (χ2v) is 6.26. The SMILES string of the molecule is CCCNC(C1=COCCC1)C1CN(C)CCCN1C. The van der Waals surface area contributed by atoms with Crippen LogP contribution in [0.4, 0.5) is 0 Å². The van der Waals surface area contributed by atoms with Gasteiger partial charge in [0.1, 0.15) is 0 Å². The summed E-state index contributed by atoms with van der Waals surface area (Å²) in [5.74, 6) is 0. The topological polar surface area (TPSA) is 27.7 Å². The van der Waals surface area contributed by atoms with Crippen molar-refractivity contribution in [1.82, 2.24) is 15.1 Å². The van der Waals surface area contributed by atoms with E-state index >= 15 is 0 Å². The predicted octanol–water partition coefficient (Wildman–Crippen LogP) is 1.68. The maximum absolute atomic E-state index is 5.59. The largest absolute Gasteiger partial charge is 0.501 e. The number of ether oxygens (including phenoxy) is 1. The molecule has 20 heavy (non-hydrogen) atoms. The Kier molecular flexibility index (Phi) is 6.33. The number of hydrogen-bond donors (Lipinski definition) is 1. The van der Waals surface area contributed by atoms with Gasteiger partial charge in [-0.2, -0.15) is 0 Å². The molecule has 0 aromatic rings. The summed E-state index contributed by atoms with van der Waals surface area (Å²) in [5.41, 5.74) is 1.46. The molecule has 2 atom stereocenters. The van der Waals surface area contributed by atoms with E-state index in [0.717, 1.165) is 26.1 Å². The van der Waals surface area contributed by atoms with Crippen molar-refractivity contribution >= 4 is 0 Å². The lowest BCUT2D eigenvalue weighted by molar-refractivity contribution is 0.173. The van der Waals surface area contributed by atoms with Crippen LogP contribution in [0.2, 0.25) is 0 Å². The third-order valence-electron chi connectivity index (χ3n) is 4.48. The predicted molar refractivity (Wildman–Crippen MR) is 83.9 cm³/mol. The van der Waals surface area contributed by atoms with Crippen LogP contribution in [0.5, 0.6) is 0 Å². The third kappa shape index (κ3) is 4.21. The molecule has 1 fully saturated rings. The summed E-state index contributed by atoms with van der Waals surface area (Å²) in [6, 6.07) is 0.975. The first kappa shape index (κ1) is 15.8. The molecule has 2 aliphatic rings. The van der Waals surface area contributed by atoms with Gasteiger partial charge in [0.25, 0.3) is 0 Å². The summed E-state index contributed by atoms with van der Waals surface area (Å²) in [4.78, 5) is 5.01. The van der Waals surface area contributed by atoms with Crippen molar-refractivity contribution in [3.8, 4) is 0 Å². The summed E-state index contributed by atoms with van der Waals surface area (Å²) >= 11 is 0. The second-order valence-electron chi connectivity index (χ2n) is 6.26. The minimum atomic E-state index is 0.431. The molecule has 2 heterocycles. The van der Waals surface area contributed by atoms with Crippen molar-refractivity contribution in [3.05, 3.63) is 11.8 Å². The Labute approximate surface area is 124 Å². The molecule has 1 N–H and O–H groups in total. The molecule has 1 saturated heterocycles. The zero-order chi connectivity index (χ0) is 14.4. The average molecular weight is 281 g/mol. The quantitative estimate of drug-likeness (QED) is 0.830. The lowest BCUT2D eigenvalue weighted by atomic mass is 9.94. The standard InChI is InChI=1S/C16H31N3O/c1-4-8-17-16(14-7-5-11-20-13-14)15-12-18(2)9-6-10-19(15)3/h13,15-17H,4-12H2,1-3H3. The summed E-state index contributed by atoms with van der Waals surface area (Å²) in [7, 11) is 4.52. The molecule has 4 heteroatoms. The highest BCUT2D eigenvalue weighted by atomic mass is 16.5. The van der Waals surface area contributed by atoms with Crippen molar-refractivity contribution < 1.29 is 4.74 Å². The summed E-state index contributed by atoms with van der Waals surface area (Å²) in [5, 5.41) is 3.77. The highest BCUT2D eigenvalue weighted by Crippen LogP contribution is 2.22. The normalized spacial score (nSPS) is 27.6. The van der Waals surface area contributed by atoms with Gasteiger partial charge in [0.2, 0.25) is 0 Å². The summed E-state index contributed by atoms with van der Waals surface area (Å²) < 4.78 is 5.59. The van der Waals surface area contributed by atoms with Gasteiger partial charge >= 0.3 is 0 Å². The van der Waals surface area contributed by atoms with Crippen LogP contribution >= 0.6 is 0 Å². The highest BCUT2D eigenvalue weighted by molar-refractivity contribution is 5.14.